The Morgan fingerprint density at radius 2 is 1.69 bits per heavy atom. The molecule has 1 aliphatic carbocycles. The van der Waals surface area contributed by atoms with E-state index in [4.69, 9.17) is 4.74 Å². The first-order chi connectivity index (χ1) is 16.8. The van der Waals surface area contributed by atoms with Crippen molar-refractivity contribution in [3.8, 4) is 5.88 Å². The number of nitrogens with zero attached hydrogens (tertiary/aromatic N) is 4. The summed E-state index contributed by atoms with van der Waals surface area (Å²) in [5.41, 5.74) is -2.19. The lowest BCUT2D eigenvalue weighted by Crippen LogP contribution is -2.52. The van der Waals surface area contributed by atoms with Crippen LogP contribution in [-0.4, -0.2) is 65.9 Å². The van der Waals surface area contributed by atoms with E-state index in [0.29, 0.717) is 24.8 Å². The summed E-state index contributed by atoms with van der Waals surface area (Å²) >= 11 is 0. The van der Waals surface area contributed by atoms with Crippen molar-refractivity contribution >= 4 is 10.0 Å². The summed E-state index contributed by atoms with van der Waals surface area (Å²) in [7, 11) is -4.86. The maximum atomic E-state index is 13.5. The second kappa shape index (κ2) is 8.84. The van der Waals surface area contributed by atoms with Crippen LogP contribution in [0.2, 0.25) is 0 Å². The molecule has 3 heterocycles. The van der Waals surface area contributed by atoms with Crippen LogP contribution in [0.15, 0.2) is 35.5 Å². The zero-order valence-corrected chi connectivity index (χ0v) is 19.6. The van der Waals surface area contributed by atoms with E-state index in [1.807, 2.05) is 4.90 Å². The van der Waals surface area contributed by atoms with Crippen molar-refractivity contribution in [2.45, 2.75) is 54.6 Å². The SMILES string of the molecule is O=S(=O)(c1cc(C(F)(F)F)ccc1C(F)(F)F)N1CCN2C[C@H](Oc3cnc(C4CC4)cn3)C[C@H]2C1. The van der Waals surface area contributed by atoms with E-state index in [0.717, 1.165) is 22.8 Å². The monoisotopic (exact) mass is 536 g/mol. The van der Waals surface area contributed by atoms with Crippen molar-refractivity contribution in [3.63, 3.8) is 0 Å². The summed E-state index contributed by atoms with van der Waals surface area (Å²) in [5.74, 6) is 0.766. The van der Waals surface area contributed by atoms with Gasteiger partial charge >= 0.3 is 12.4 Å². The Labute approximate surface area is 203 Å². The number of piperazine rings is 1. The van der Waals surface area contributed by atoms with Crippen LogP contribution < -0.4 is 4.74 Å². The normalized spacial score (nSPS) is 24.1. The Kier molecular flexibility index (Phi) is 6.19. The Hall–Kier alpha value is -2.45. The molecule has 3 fully saturated rings. The topological polar surface area (TPSA) is 75.6 Å². The molecule has 2 atom stereocenters. The van der Waals surface area contributed by atoms with Gasteiger partial charge in [-0.25, -0.2) is 13.4 Å². The molecular weight excluding hydrogens is 514 g/mol. The Balaban J connectivity index is 1.32. The minimum atomic E-state index is -5.14. The zero-order valence-electron chi connectivity index (χ0n) is 18.8. The van der Waals surface area contributed by atoms with Crippen LogP contribution in [-0.2, 0) is 22.4 Å². The lowest BCUT2D eigenvalue weighted by atomic mass is 10.1. The zero-order chi connectivity index (χ0) is 25.9. The lowest BCUT2D eigenvalue weighted by Gasteiger charge is -2.36. The first kappa shape index (κ1) is 25.2. The summed E-state index contributed by atoms with van der Waals surface area (Å²) in [4.78, 5) is 9.17. The minimum Gasteiger partial charge on any atom is -0.472 e. The largest absolute Gasteiger partial charge is 0.472 e. The average molecular weight is 536 g/mol. The standard InChI is InChI=1S/C22H22F6N4O3S/c23-21(24,25)14-3-4-17(22(26,27)28)19(7-14)36(33,34)32-6-5-31-12-16(8-15(31)11-32)35-20-10-29-18(9-30-20)13-1-2-13/h3-4,7,9-10,13,15-16H,1-2,5-6,8,11-12H2/t15-,16+/m0/s1. The molecule has 14 heteroatoms. The van der Waals surface area contributed by atoms with Gasteiger partial charge in [0.1, 0.15) is 6.10 Å². The number of alkyl halides is 6. The number of fused-ring (bicyclic) bond motifs is 1. The van der Waals surface area contributed by atoms with Gasteiger partial charge in [0, 0.05) is 44.6 Å². The van der Waals surface area contributed by atoms with Crippen LogP contribution in [0.25, 0.3) is 0 Å². The highest BCUT2D eigenvalue weighted by molar-refractivity contribution is 7.89. The van der Waals surface area contributed by atoms with E-state index in [9.17, 15) is 34.8 Å². The molecule has 2 aromatic rings. The van der Waals surface area contributed by atoms with Crippen LogP contribution in [0.5, 0.6) is 5.88 Å². The molecule has 0 amide bonds. The molecule has 0 radical (unpaired) electrons. The van der Waals surface area contributed by atoms with Crippen molar-refractivity contribution < 1.29 is 39.5 Å². The lowest BCUT2D eigenvalue weighted by molar-refractivity contribution is -0.143. The molecule has 196 valence electrons. The predicted molar refractivity (Wildman–Crippen MR) is 114 cm³/mol. The first-order valence-corrected chi connectivity index (χ1v) is 12.8. The fourth-order valence-corrected chi connectivity index (χ4v) is 6.41. The molecular formula is C22H22F6N4O3S. The highest BCUT2D eigenvalue weighted by atomic mass is 32.2. The minimum absolute atomic E-state index is 0.0645. The highest BCUT2D eigenvalue weighted by Gasteiger charge is 2.45. The number of hydrogen-bond acceptors (Lipinski definition) is 6. The third-order valence-corrected chi connectivity index (χ3v) is 8.61. The van der Waals surface area contributed by atoms with Crippen molar-refractivity contribution in [3.05, 3.63) is 47.4 Å². The molecule has 1 aromatic heterocycles. The molecule has 0 spiro atoms. The number of aromatic nitrogens is 2. The molecule has 1 saturated carbocycles. The van der Waals surface area contributed by atoms with Gasteiger partial charge in [-0.3, -0.25) is 9.88 Å². The van der Waals surface area contributed by atoms with E-state index in [1.165, 1.54) is 6.20 Å². The molecule has 2 aliphatic heterocycles. The summed E-state index contributed by atoms with van der Waals surface area (Å²) < 4.78 is 113. The van der Waals surface area contributed by atoms with Crippen molar-refractivity contribution in [1.82, 2.24) is 19.2 Å². The number of hydrogen-bond donors (Lipinski definition) is 0. The third-order valence-electron chi connectivity index (χ3n) is 6.70. The van der Waals surface area contributed by atoms with Gasteiger partial charge in [-0.2, -0.15) is 30.6 Å². The quantitative estimate of drug-likeness (QED) is 0.540. The van der Waals surface area contributed by atoms with E-state index in [2.05, 4.69) is 9.97 Å². The van der Waals surface area contributed by atoms with Gasteiger partial charge in [0.2, 0.25) is 15.9 Å². The predicted octanol–water partition coefficient (Wildman–Crippen LogP) is 3.92. The Morgan fingerprint density at radius 3 is 2.31 bits per heavy atom. The molecule has 0 unspecified atom stereocenters. The van der Waals surface area contributed by atoms with Crippen molar-refractivity contribution in [2.24, 2.45) is 0 Å². The fraction of sp³-hybridized carbons (Fsp3) is 0.545. The number of sulfonamides is 1. The maximum Gasteiger partial charge on any atom is 0.417 e. The highest BCUT2D eigenvalue weighted by Crippen LogP contribution is 2.40. The van der Waals surface area contributed by atoms with Crippen LogP contribution in [0.4, 0.5) is 26.3 Å². The van der Waals surface area contributed by atoms with Gasteiger partial charge < -0.3 is 4.74 Å². The van der Waals surface area contributed by atoms with Gasteiger partial charge in [0.05, 0.1) is 34.1 Å². The Morgan fingerprint density at radius 1 is 0.944 bits per heavy atom. The molecule has 36 heavy (non-hydrogen) atoms. The van der Waals surface area contributed by atoms with Crippen molar-refractivity contribution in [1.29, 1.82) is 0 Å². The van der Waals surface area contributed by atoms with E-state index in [-0.39, 0.29) is 50.0 Å². The van der Waals surface area contributed by atoms with Crippen LogP contribution in [0, 0.1) is 0 Å². The smallest absolute Gasteiger partial charge is 0.417 e. The summed E-state index contributed by atoms with van der Waals surface area (Å²) in [6.45, 7) is 0.343. The van der Waals surface area contributed by atoms with Crippen LogP contribution >= 0.6 is 0 Å². The number of ether oxygens (including phenoxy) is 1. The van der Waals surface area contributed by atoms with Crippen molar-refractivity contribution in [2.75, 3.05) is 26.2 Å². The molecule has 3 aliphatic rings. The van der Waals surface area contributed by atoms with Gasteiger partial charge in [-0.1, -0.05) is 0 Å². The summed E-state index contributed by atoms with van der Waals surface area (Å²) in [6, 6.07) is 0.103. The molecule has 2 saturated heterocycles. The third kappa shape index (κ3) is 5.02. The van der Waals surface area contributed by atoms with Gasteiger partial charge in [0.15, 0.2) is 0 Å². The first-order valence-electron chi connectivity index (χ1n) is 11.3. The van der Waals surface area contributed by atoms with Crippen LogP contribution in [0.1, 0.15) is 42.0 Å². The molecule has 0 N–H and O–H groups in total. The second-order valence-corrected chi connectivity index (χ2v) is 11.2. The summed E-state index contributed by atoms with van der Waals surface area (Å²) in [5, 5.41) is 0. The van der Waals surface area contributed by atoms with Gasteiger partial charge in [-0.15, -0.1) is 0 Å². The Bertz CT molecular complexity index is 1230. The molecule has 1 aromatic carbocycles. The maximum absolute atomic E-state index is 13.5. The van der Waals surface area contributed by atoms with E-state index < -0.39 is 38.4 Å². The van der Waals surface area contributed by atoms with Gasteiger partial charge in [0.25, 0.3) is 0 Å². The summed E-state index contributed by atoms with van der Waals surface area (Å²) in [6.07, 6.45) is -4.73. The number of halogens is 6. The number of rotatable bonds is 5. The van der Waals surface area contributed by atoms with E-state index in [1.54, 1.807) is 6.20 Å². The fourth-order valence-electron chi connectivity index (χ4n) is 4.70. The molecule has 0 bridgehead atoms. The van der Waals surface area contributed by atoms with Gasteiger partial charge in [-0.05, 0) is 31.0 Å². The molecule has 5 rings (SSSR count). The second-order valence-electron chi connectivity index (χ2n) is 9.25. The van der Waals surface area contributed by atoms with E-state index >= 15 is 0 Å². The average Bonchev–Trinajstić information content (AvgIpc) is 3.57. The van der Waals surface area contributed by atoms with Crippen LogP contribution in [0.3, 0.4) is 0 Å². The molecule has 7 nitrogen and oxygen atoms in total. The number of benzene rings is 1.